The lowest BCUT2D eigenvalue weighted by Crippen LogP contribution is -2.04. The molecule has 2 N–H and O–H groups in total. The van der Waals surface area contributed by atoms with Gasteiger partial charge in [0, 0.05) is 9.50 Å². The van der Waals surface area contributed by atoms with Crippen molar-refractivity contribution in [2.75, 3.05) is 6.54 Å². The van der Waals surface area contributed by atoms with Gasteiger partial charge in [0.15, 0.2) is 0 Å². The Balaban J connectivity index is 2.34. The molecule has 0 aliphatic rings. The number of rotatable bonds is 4. The first-order valence-electron chi connectivity index (χ1n) is 6.44. The highest BCUT2D eigenvalue weighted by Gasteiger charge is 2.08. The molecule has 0 aromatic heterocycles. The highest BCUT2D eigenvalue weighted by molar-refractivity contribution is 9.10. The summed E-state index contributed by atoms with van der Waals surface area (Å²) in [7, 11) is 0. The van der Waals surface area contributed by atoms with Crippen LogP contribution >= 0.6 is 27.5 Å². The van der Waals surface area contributed by atoms with Gasteiger partial charge in [-0.05, 0) is 73.8 Å². The van der Waals surface area contributed by atoms with E-state index < -0.39 is 0 Å². The summed E-state index contributed by atoms with van der Waals surface area (Å²) in [6.07, 6.45) is 0.778. The average molecular weight is 355 g/mol. The van der Waals surface area contributed by atoms with Crippen LogP contribution in [0.4, 0.5) is 0 Å². The fourth-order valence-electron chi connectivity index (χ4n) is 2.09. The molecule has 0 radical (unpaired) electrons. The molecule has 0 saturated heterocycles. The topological polar surface area (TPSA) is 35.2 Å². The maximum Gasteiger partial charge on any atom is 0.130 e. The van der Waals surface area contributed by atoms with Crippen molar-refractivity contribution in [3.63, 3.8) is 0 Å². The fraction of sp³-hybridized carbons (Fsp3) is 0.250. The molecule has 0 aliphatic carbocycles. The normalized spacial score (nSPS) is 10.7. The molecule has 20 heavy (non-hydrogen) atoms. The lowest BCUT2D eigenvalue weighted by molar-refractivity contribution is 0.475. The van der Waals surface area contributed by atoms with Crippen LogP contribution < -0.4 is 10.5 Å². The summed E-state index contributed by atoms with van der Waals surface area (Å²) >= 11 is 9.65. The monoisotopic (exact) mass is 353 g/mol. The maximum absolute atomic E-state index is 6.18. The molecule has 0 bridgehead atoms. The summed E-state index contributed by atoms with van der Waals surface area (Å²) < 4.78 is 7.02. The van der Waals surface area contributed by atoms with Crippen molar-refractivity contribution >= 4 is 27.5 Å². The fourth-order valence-corrected chi connectivity index (χ4v) is 2.61. The number of ether oxygens (including phenoxy) is 1. The van der Waals surface area contributed by atoms with Crippen LogP contribution in [0.3, 0.4) is 0 Å². The third-order valence-electron chi connectivity index (χ3n) is 3.07. The van der Waals surface area contributed by atoms with Gasteiger partial charge in [0.2, 0.25) is 0 Å². The van der Waals surface area contributed by atoms with Crippen molar-refractivity contribution in [2.45, 2.75) is 20.3 Å². The molecular weight excluding hydrogens is 338 g/mol. The van der Waals surface area contributed by atoms with E-state index in [1.807, 2.05) is 44.2 Å². The molecule has 0 atom stereocenters. The van der Waals surface area contributed by atoms with Crippen LogP contribution in [0, 0.1) is 13.8 Å². The lowest BCUT2D eigenvalue weighted by atomic mass is 10.1. The molecule has 2 rings (SSSR count). The van der Waals surface area contributed by atoms with Crippen LogP contribution in [0.15, 0.2) is 34.8 Å². The first-order valence-corrected chi connectivity index (χ1v) is 7.61. The van der Waals surface area contributed by atoms with E-state index in [9.17, 15) is 0 Å². The van der Waals surface area contributed by atoms with Crippen molar-refractivity contribution in [1.82, 2.24) is 0 Å². The van der Waals surface area contributed by atoms with Crippen molar-refractivity contribution in [1.29, 1.82) is 0 Å². The van der Waals surface area contributed by atoms with E-state index in [2.05, 4.69) is 15.9 Å². The van der Waals surface area contributed by atoms with E-state index in [1.54, 1.807) is 0 Å². The van der Waals surface area contributed by atoms with Gasteiger partial charge >= 0.3 is 0 Å². The Bertz CT molecular complexity index is 605. The number of halogens is 2. The zero-order valence-corrected chi connectivity index (χ0v) is 13.9. The number of nitrogens with two attached hydrogens (primary N) is 1. The minimum Gasteiger partial charge on any atom is -0.457 e. The Morgan fingerprint density at radius 2 is 1.80 bits per heavy atom. The minimum atomic E-state index is 0.589. The number of hydrogen-bond donors (Lipinski definition) is 1. The minimum absolute atomic E-state index is 0.589. The molecular formula is C16H17BrClNO. The summed E-state index contributed by atoms with van der Waals surface area (Å²) in [6.45, 7) is 4.54. The Morgan fingerprint density at radius 1 is 1.15 bits per heavy atom. The van der Waals surface area contributed by atoms with Crippen LogP contribution in [0.1, 0.15) is 16.7 Å². The quantitative estimate of drug-likeness (QED) is 0.837. The van der Waals surface area contributed by atoms with Gasteiger partial charge in [-0.3, -0.25) is 0 Å². The van der Waals surface area contributed by atoms with Crippen molar-refractivity contribution in [3.05, 3.63) is 56.5 Å². The van der Waals surface area contributed by atoms with Crippen LogP contribution in [-0.2, 0) is 6.42 Å². The SMILES string of the molecule is Cc1cc(Oc2ccc(Br)cc2CCN)cc(C)c1Cl. The third kappa shape index (κ3) is 3.54. The predicted octanol–water partition coefficient (Wildman–Crippen LogP) is 5.01. The van der Waals surface area contributed by atoms with Gasteiger partial charge < -0.3 is 10.5 Å². The standard InChI is InChI=1S/C16H17BrClNO/c1-10-7-14(8-11(2)16(10)18)20-15-4-3-13(17)9-12(15)5-6-19/h3-4,7-9H,5-6,19H2,1-2H3. The molecule has 4 heteroatoms. The molecule has 0 fully saturated rings. The highest BCUT2D eigenvalue weighted by Crippen LogP contribution is 2.32. The Morgan fingerprint density at radius 3 is 2.40 bits per heavy atom. The van der Waals surface area contributed by atoms with Crippen LogP contribution in [0.5, 0.6) is 11.5 Å². The molecule has 2 nitrogen and oxygen atoms in total. The Kier molecular flexibility index (Phi) is 5.08. The second-order valence-corrected chi connectivity index (χ2v) is 6.06. The number of benzene rings is 2. The van der Waals surface area contributed by atoms with Gasteiger partial charge in [0.1, 0.15) is 11.5 Å². The van der Waals surface area contributed by atoms with Gasteiger partial charge in [0.05, 0.1) is 0 Å². The van der Waals surface area contributed by atoms with Gasteiger partial charge in [-0.1, -0.05) is 27.5 Å². The van der Waals surface area contributed by atoms with E-state index in [0.717, 1.165) is 44.1 Å². The summed E-state index contributed by atoms with van der Waals surface area (Å²) in [4.78, 5) is 0. The molecule has 0 saturated carbocycles. The first-order chi connectivity index (χ1) is 9.51. The van der Waals surface area contributed by atoms with Gasteiger partial charge in [-0.25, -0.2) is 0 Å². The molecule has 0 heterocycles. The van der Waals surface area contributed by atoms with Gasteiger partial charge in [-0.15, -0.1) is 0 Å². The zero-order valence-electron chi connectivity index (χ0n) is 11.5. The van der Waals surface area contributed by atoms with E-state index >= 15 is 0 Å². The number of hydrogen-bond acceptors (Lipinski definition) is 2. The molecule has 2 aromatic carbocycles. The maximum atomic E-state index is 6.18. The molecule has 2 aromatic rings. The van der Waals surface area contributed by atoms with Gasteiger partial charge in [-0.2, -0.15) is 0 Å². The van der Waals surface area contributed by atoms with Gasteiger partial charge in [0.25, 0.3) is 0 Å². The summed E-state index contributed by atoms with van der Waals surface area (Å²) in [5.74, 6) is 1.63. The van der Waals surface area contributed by atoms with E-state index in [4.69, 9.17) is 22.1 Å². The predicted molar refractivity (Wildman–Crippen MR) is 87.9 cm³/mol. The molecule has 106 valence electrons. The largest absolute Gasteiger partial charge is 0.457 e. The van der Waals surface area contributed by atoms with E-state index in [1.165, 1.54) is 0 Å². The Hall–Kier alpha value is -1.03. The van der Waals surface area contributed by atoms with E-state index in [0.29, 0.717) is 6.54 Å². The van der Waals surface area contributed by atoms with Crippen LogP contribution in [0.2, 0.25) is 5.02 Å². The smallest absolute Gasteiger partial charge is 0.130 e. The van der Waals surface area contributed by atoms with Crippen LogP contribution in [0.25, 0.3) is 0 Å². The molecule has 0 spiro atoms. The van der Waals surface area contributed by atoms with Crippen LogP contribution in [-0.4, -0.2) is 6.54 Å². The Labute approximate surface area is 133 Å². The lowest BCUT2D eigenvalue weighted by Gasteiger charge is -2.13. The summed E-state index contributed by atoms with van der Waals surface area (Å²) in [5.41, 5.74) is 8.77. The second-order valence-electron chi connectivity index (χ2n) is 4.76. The van der Waals surface area contributed by atoms with Crippen molar-refractivity contribution < 1.29 is 4.74 Å². The van der Waals surface area contributed by atoms with Crippen molar-refractivity contribution in [3.8, 4) is 11.5 Å². The summed E-state index contributed by atoms with van der Waals surface area (Å²) in [5, 5.41) is 0.787. The third-order valence-corrected chi connectivity index (χ3v) is 4.16. The van der Waals surface area contributed by atoms with Crippen molar-refractivity contribution in [2.24, 2.45) is 5.73 Å². The first kappa shape index (κ1) is 15.4. The molecule has 0 amide bonds. The number of aryl methyl sites for hydroxylation is 2. The van der Waals surface area contributed by atoms with E-state index in [-0.39, 0.29) is 0 Å². The molecule has 0 unspecified atom stereocenters. The molecule has 0 aliphatic heterocycles. The highest BCUT2D eigenvalue weighted by atomic mass is 79.9. The average Bonchev–Trinajstić information content (AvgIpc) is 2.39. The zero-order chi connectivity index (χ0) is 14.7. The second kappa shape index (κ2) is 6.61. The summed E-state index contributed by atoms with van der Waals surface area (Å²) in [6, 6.07) is 9.85.